The SMILES string of the molecule is CCCOCCCC(=O)N[C@H](COP(=O)(O)O)c1ccccc1. The van der Waals surface area contributed by atoms with Crippen molar-refractivity contribution in [3.63, 3.8) is 0 Å². The van der Waals surface area contributed by atoms with E-state index in [-0.39, 0.29) is 18.9 Å². The molecule has 0 radical (unpaired) electrons. The highest BCUT2D eigenvalue weighted by molar-refractivity contribution is 7.46. The van der Waals surface area contributed by atoms with E-state index in [1.807, 2.05) is 13.0 Å². The summed E-state index contributed by atoms with van der Waals surface area (Å²) in [6, 6.07) is 8.29. The highest BCUT2D eigenvalue weighted by Gasteiger charge is 2.20. The van der Waals surface area contributed by atoms with Gasteiger partial charge >= 0.3 is 7.82 Å². The van der Waals surface area contributed by atoms with Crippen LogP contribution in [0.4, 0.5) is 0 Å². The second-order valence-corrected chi connectivity index (χ2v) is 6.27. The summed E-state index contributed by atoms with van der Waals surface area (Å²) in [7, 11) is -4.59. The number of rotatable bonds is 11. The van der Waals surface area contributed by atoms with Gasteiger partial charge in [0.1, 0.15) is 0 Å². The molecule has 3 N–H and O–H groups in total. The number of hydrogen-bond donors (Lipinski definition) is 3. The fourth-order valence-corrected chi connectivity index (χ4v) is 2.27. The Balaban J connectivity index is 2.52. The van der Waals surface area contributed by atoms with Crippen LogP contribution in [0.5, 0.6) is 0 Å². The van der Waals surface area contributed by atoms with Crippen molar-refractivity contribution < 1.29 is 28.4 Å². The van der Waals surface area contributed by atoms with Crippen molar-refractivity contribution >= 4 is 13.7 Å². The van der Waals surface area contributed by atoms with E-state index in [0.717, 1.165) is 12.0 Å². The third kappa shape index (κ3) is 9.48. The Morgan fingerprint density at radius 1 is 1.26 bits per heavy atom. The maximum Gasteiger partial charge on any atom is 0.469 e. The van der Waals surface area contributed by atoms with E-state index in [0.29, 0.717) is 19.6 Å². The molecular weight excluding hydrogens is 321 g/mol. The van der Waals surface area contributed by atoms with Crippen LogP contribution in [-0.2, 0) is 18.6 Å². The van der Waals surface area contributed by atoms with Crippen molar-refractivity contribution in [3.05, 3.63) is 35.9 Å². The molecule has 0 aliphatic heterocycles. The summed E-state index contributed by atoms with van der Waals surface area (Å²) in [6.07, 6.45) is 1.80. The number of hydrogen-bond acceptors (Lipinski definition) is 4. The molecular formula is C15H24NO6P. The Kier molecular flexibility index (Phi) is 9.06. The lowest BCUT2D eigenvalue weighted by Crippen LogP contribution is -2.31. The Morgan fingerprint density at radius 3 is 2.57 bits per heavy atom. The summed E-state index contributed by atoms with van der Waals surface area (Å²) in [4.78, 5) is 29.6. The molecule has 23 heavy (non-hydrogen) atoms. The van der Waals surface area contributed by atoms with Gasteiger partial charge in [0.25, 0.3) is 0 Å². The molecule has 1 atom stereocenters. The van der Waals surface area contributed by atoms with Crippen LogP contribution in [0.1, 0.15) is 37.8 Å². The normalized spacial score (nSPS) is 12.8. The molecule has 8 heteroatoms. The van der Waals surface area contributed by atoms with Gasteiger partial charge in [-0.25, -0.2) is 4.57 Å². The van der Waals surface area contributed by atoms with Crippen LogP contribution in [0.2, 0.25) is 0 Å². The van der Waals surface area contributed by atoms with E-state index >= 15 is 0 Å². The minimum atomic E-state index is -4.59. The lowest BCUT2D eigenvalue weighted by molar-refractivity contribution is -0.122. The fourth-order valence-electron chi connectivity index (χ4n) is 1.93. The van der Waals surface area contributed by atoms with Crippen molar-refractivity contribution in [1.29, 1.82) is 0 Å². The molecule has 0 saturated heterocycles. The first-order valence-electron chi connectivity index (χ1n) is 7.54. The molecule has 0 unspecified atom stereocenters. The number of nitrogens with one attached hydrogen (secondary N) is 1. The summed E-state index contributed by atoms with van der Waals surface area (Å²) in [5, 5.41) is 2.73. The Bertz CT molecular complexity index is 504. The maximum atomic E-state index is 12.0. The largest absolute Gasteiger partial charge is 0.469 e. The van der Waals surface area contributed by atoms with Crippen molar-refractivity contribution in [2.24, 2.45) is 0 Å². The van der Waals surface area contributed by atoms with Crippen LogP contribution in [0, 0.1) is 0 Å². The summed E-state index contributed by atoms with van der Waals surface area (Å²) >= 11 is 0. The molecule has 1 aromatic carbocycles. The predicted octanol–water partition coefficient (Wildman–Crippen LogP) is 2.16. The van der Waals surface area contributed by atoms with Crippen molar-refractivity contribution in [1.82, 2.24) is 5.32 Å². The summed E-state index contributed by atoms with van der Waals surface area (Å²) in [5.74, 6) is -0.215. The highest BCUT2D eigenvalue weighted by atomic mass is 31.2. The quantitative estimate of drug-likeness (QED) is 0.419. The van der Waals surface area contributed by atoms with Gasteiger partial charge in [-0.3, -0.25) is 9.32 Å². The highest BCUT2D eigenvalue weighted by Crippen LogP contribution is 2.37. The van der Waals surface area contributed by atoms with Crippen LogP contribution in [0.25, 0.3) is 0 Å². The number of ether oxygens (including phenoxy) is 1. The zero-order chi connectivity index (χ0) is 17.1. The molecule has 0 bridgehead atoms. The van der Waals surface area contributed by atoms with Gasteiger partial charge < -0.3 is 19.8 Å². The summed E-state index contributed by atoms with van der Waals surface area (Å²) < 4.78 is 20.7. The topological polar surface area (TPSA) is 105 Å². The maximum absolute atomic E-state index is 12.0. The molecule has 0 aromatic heterocycles. The third-order valence-corrected chi connectivity index (χ3v) is 3.47. The van der Waals surface area contributed by atoms with Crippen LogP contribution in [0.3, 0.4) is 0 Å². The molecule has 0 spiro atoms. The Hall–Kier alpha value is -1.24. The molecule has 1 rings (SSSR count). The predicted molar refractivity (Wildman–Crippen MR) is 85.7 cm³/mol. The van der Waals surface area contributed by atoms with Gasteiger partial charge in [0.05, 0.1) is 12.6 Å². The molecule has 7 nitrogen and oxygen atoms in total. The summed E-state index contributed by atoms with van der Waals surface area (Å²) in [6.45, 7) is 2.89. The Morgan fingerprint density at radius 2 is 1.96 bits per heavy atom. The number of phosphoric ester groups is 1. The number of carbonyl (C=O) groups excluding carboxylic acids is 1. The first-order valence-corrected chi connectivity index (χ1v) is 9.07. The first-order chi connectivity index (χ1) is 10.9. The van der Waals surface area contributed by atoms with Gasteiger partial charge in [-0.15, -0.1) is 0 Å². The third-order valence-electron chi connectivity index (χ3n) is 2.99. The number of amides is 1. The molecule has 0 heterocycles. The van der Waals surface area contributed by atoms with Gasteiger partial charge in [-0.05, 0) is 18.4 Å². The van der Waals surface area contributed by atoms with Crippen LogP contribution in [-0.4, -0.2) is 35.5 Å². The van der Waals surface area contributed by atoms with E-state index in [2.05, 4.69) is 9.84 Å². The van der Waals surface area contributed by atoms with Gasteiger partial charge in [0, 0.05) is 19.6 Å². The molecule has 0 saturated carbocycles. The molecule has 130 valence electrons. The number of benzene rings is 1. The van der Waals surface area contributed by atoms with E-state index in [4.69, 9.17) is 14.5 Å². The van der Waals surface area contributed by atoms with Crippen molar-refractivity contribution in [3.8, 4) is 0 Å². The average molecular weight is 345 g/mol. The average Bonchev–Trinajstić information content (AvgIpc) is 2.51. The molecule has 0 aliphatic carbocycles. The van der Waals surface area contributed by atoms with Crippen LogP contribution >= 0.6 is 7.82 Å². The van der Waals surface area contributed by atoms with Gasteiger partial charge in [0.15, 0.2) is 0 Å². The van der Waals surface area contributed by atoms with E-state index in [9.17, 15) is 9.36 Å². The minimum Gasteiger partial charge on any atom is -0.381 e. The van der Waals surface area contributed by atoms with Gasteiger partial charge in [0.2, 0.25) is 5.91 Å². The second-order valence-electron chi connectivity index (χ2n) is 5.03. The van der Waals surface area contributed by atoms with Crippen LogP contribution < -0.4 is 5.32 Å². The Labute approximate surface area is 136 Å². The van der Waals surface area contributed by atoms with E-state index in [1.165, 1.54) is 0 Å². The standard InChI is InChI=1S/C15H24NO6P/c1-2-10-21-11-6-9-15(17)16-14(12-22-23(18,19)20)13-7-4-3-5-8-13/h3-5,7-8,14H,2,6,9-12H2,1H3,(H,16,17)(H2,18,19,20)/t14-/m1/s1. The lowest BCUT2D eigenvalue weighted by Gasteiger charge is -2.19. The van der Waals surface area contributed by atoms with E-state index in [1.54, 1.807) is 24.3 Å². The number of carbonyl (C=O) groups is 1. The molecule has 0 aliphatic rings. The summed E-state index contributed by atoms with van der Waals surface area (Å²) in [5.41, 5.74) is 0.719. The zero-order valence-electron chi connectivity index (χ0n) is 13.2. The second kappa shape index (κ2) is 10.5. The first kappa shape index (κ1) is 19.8. The molecule has 0 fully saturated rings. The number of phosphoric acid groups is 1. The van der Waals surface area contributed by atoms with Crippen LogP contribution in [0.15, 0.2) is 30.3 Å². The molecule has 1 amide bonds. The lowest BCUT2D eigenvalue weighted by atomic mass is 10.1. The molecule has 1 aromatic rings. The monoisotopic (exact) mass is 345 g/mol. The smallest absolute Gasteiger partial charge is 0.381 e. The fraction of sp³-hybridized carbons (Fsp3) is 0.533. The zero-order valence-corrected chi connectivity index (χ0v) is 14.1. The van der Waals surface area contributed by atoms with Crippen molar-refractivity contribution in [2.45, 2.75) is 32.2 Å². The van der Waals surface area contributed by atoms with Crippen molar-refractivity contribution in [2.75, 3.05) is 19.8 Å². The minimum absolute atomic E-state index is 0.215. The van der Waals surface area contributed by atoms with E-state index < -0.39 is 13.9 Å². The van der Waals surface area contributed by atoms with Gasteiger partial charge in [-0.1, -0.05) is 37.3 Å². The van der Waals surface area contributed by atoms with Gasteiger partial charge in [-0.2, -0.15) is 0 Å².